The molecule has 3 heterocycles. The fourth-order valence-corrected chi connectivity index (χ4v) is 4.79. The molecule has 0 spiro atoms. The Morgan fingerprint density at radius 3 is 2.29 bits per heavy atom. The minimum atomic E-state index is -0.851. The number of halogens is 1. The predicted octanol–water partition coefficient (Wildman–Crippen LogP) is 4.45. The number of amides is 2. The van der Waals surface area contributed by atoms with Gasteiger partial charge >= 0.3 is 0 Å². The van der Waals surface area contributed by atoms with Crippen LogP contribution in [0, 0.1) is 5.92 Å². The highest BCUT2D eigenvalue weighted by Gasteiger charge is 2.60. The zero-order chi connectivity index (χ0) is 19.3. The van der Waals surface area contributed by atoms with Crippen LogP contribution in [-0.4, -0.2) is 17.9 Å². The average molecular weight is 411 g/mol. The summed E-state index contributed by atoms with van der Waals surface area (Å²) < 4.78 is 0. The van der Waals surface area contributed by atoms with Crippen molar-refractivity contribution >= 4 is 46.1 Å². The van der Waals surface area contributed by atoms with Crippen molar-refractivity contribution in [3.8, 4) is 0 Å². The second-order valence-corrected chi connectivity index (χ2v) is 8.08. The first-order chi connectivity index (χ1) is 13.6. The third-order valence-electron chi connectivity index (χ3n) is 5.05. The summed E-state index contributed by atoms with van der Waals surface area (Å²) in [6, 6.07) is 19.8. The molecule has 0 unspecified atom stereocenters. The minimum Gasteiger partial charge on any atom is -0.273 e. The molecule has 140 valence electrons. The molecule has 2 aliphatic heterocycles. The highest BCUT2D eigenvalue weighted by atomic mass is 35.5. The third kappa shape index (κ3) is 2.64. The molecule has 2 saturated heterocycles. The number of imide groups is 1. The fraction of sp³-hybridized carbons (Fsp3) is 0.143. The molecule has 3 atom stereocenters. The zero-order valence-corrected chi connectivity index (χ0v) is 16.1. The van der Waals surface area contributed by atoms with Gasteiger partial charge < -0.3 is 0 Å². The van der Waals surface area contributed by atoms with Gasteiger partial charge in [0.05, 0.1) is 11.4 Å². The van der Waals surface area contributed by atoms with Crippen molar-refractivity contribution in [2.75, 3.05) is 9.96 Å². The van der Waals surface area contributed by atoms with Gasteiger partial charge in [0.25, 0.3) is 5.91 Å². The van der Waals surface area contributed by atoms with E-state index in [0.29, 0.717) is 10.7 Å². The van der Waals surface area contributed by atoms with Crippen molar-refractivity contribution in [3.63, 3.8) is 0 Å². The van der Waals surface area contributed by atoms with E-state index in [9.17, 15) is 9.59 Å². The summed E-state index contributed by atoms with van der Waals surface area (Å²) >= 11 is 7.49. The van der Waals surface area contributed by atoms with Crippen LogP contribution in [0.15, 0.2) is 72.1 Å². The van der Waals surface area contributed by atoms with Crippen LogP contribution in [0.2, 0.25) is 5.02 Å². The predicted molar refractivity (Wildman–Crippen MR) is 108 cm³/mol. The van der Waals surface area contributed by atoms with Crippen LogP contribution in [-0.2, 0) is 14.4 Å². The summed E-state index contributed by atoms with van der Waals surface area (Å²) in [5.41, 5.74) is 1.32. The monoisotopic (exact) mass is 410 g/mol. The highest BCUT2D eigenvalue weighted by Crippen LogP contribution is 2.48. The molecular formula is C21H15ClN2O3S. The van der Waals surface area contributed by atoms with Crippen molar-refractivity contribution in [1.82, 2.24) is 0 Å². The van der Waals surface area contributed by atoms with E-state index in [1.54, 1.807) is 40.7 Å². The number of carbonyl (C=O) groups is 2. The average Bonchev–Trinajstić information content (AvgIpc) is 3.42. The Bertz CT molecular complexity index is 1020. The molecule has 3 aromatic rings. The van der Waals surface area contributed by atoms with Gasteiger partial charge in [0.15, 0.2) is 6.10 Å². The Kier molecular flexibility index (Phi) is 4.19. The van der Waals surface area contributed by atoms with Crippen molar-refractivity contribution in [2.45, 2.75) is 12.1 Å². The van der Waals surface area contributed by atoms with Crippen LogP contribution in [0.5, 0.6) is 0 Å². The Morgan fingerprint density at radius 2 is 1.61 bits per heavy atom. The normalized spacial score (nSPS) is 24.1. The second kappa shape index (κ2) is 6.74. The number of hydrogen-bond donors (Lipinski definition) is 0. The van der Waals surface area contributed by atoms with Crippen molar-refractivity contribution in [3.05, 3.63) is 82.0 Å². The molecule has 2 fully saturated rings. The highest BCUT2D eigenvalue weighted by molar-refractivity contribution is 7.10. The van der Waals surface area contributed by atoms with Gasteiger partial charge in [-0.25, -0.2) is 9.96 Å². The lowest BCUT2D eigenvalue weighted by atomic mass is 9.95. The smallest absolute Gasteiger partial charge is 0.266 e. The third-order valence-corrected chi connectivity index (χ3v) is 6.24. The van der Waals surface area contributed by atoms with E-state index in [4.69, 9.17) is 16.4 Å². The molecule has 2 amide bonds. The molecule has 28 heavy (non-hydrogen) atoms. The van der Waals surface area contributed by atoms with Gasteiger partial charge in [0.1, 0.15) is 12.0 Å². The molecule has 0 radical (unpaired) electrons. The number of para-hydroxylation sites is 1. The Labute approximate surface area is 170 Å². The molecule has 1 aromatic heterocycles. The maximum absolute atomic E-state index is 13.3. The number of thiophene rings is 1. The van der Waals surface area contributed by atoms with Gasteiger partial charge in [-0.05, 0) is 47.8 Å². The number of carbonyl (C=O) groups excluding carboxylic acids is 2. The van der Waals surface area contributed by atoms with Crippen LogP contribution in [0.1, 0.15) is 10.9 Å². The second-order valence-electron chi connectivity index (χ2n) is 6.66. The molecule has 0 aliphatic carbocycles. The number of nitrogens with zero attached hydrogens (tertiary/aromatic N) is 2. The number of fused-ring (bicyclic) bond motifs is 1. The molecule has 0 saturated carbocycles. The van der Waals surface area contributed by atoms with Crippen molar-refractivity contribution in [1.29, 1.82) is 0 Å². The van der Waals surface area contributed by atoms with E-state index in [-0.39, 0.29) is 17.9 Å². The summed E-state index contributed by atoms with van der Waals surface area (Å²) in [6.07, 6.45) is -0.851. The summed E-state index contributed by atoms with van der Waals surface area (Å²) in [5.74, 6) is -1.21. The van der Waals surface area contributed by atoms with E-state index in [1.165, 1.54) is 4.90 Å². The molecule has 0 bridgehead atoms. The van der Waals surface area contributed by atoms with Crippen LogP contribution in [0.25, 0.3) is 0 Å². The standard InChI is InChI=1S/C21H15ClN2O3S/c22-13-8-10-14(11-9-13)23-20(25)17-18(16-7-4-12-28-16)24(27-19(17)21(23)26)15-5-2-1-3-6-15/h1-12,17-19H/t17-,18+,19+/m1/s1. The first kappa shape index (κ1) is 17.4. The molecule has 2 aliphatic rings. The number of benzene rings is 2. The molecule has 0 N–H and O–H groups in total. The summed E-state index contributed by atoms with van der Waals surface area (Å²) in [5, 5.41) is 4.21. The van der Waals surface area contributed by atoms with E-state index < -0.39 is 12.0 Å². The lowest BCUT2D eigenvalue weighted by Crippen LogP contribution is -2.37. The zero-order valence-electron chi connectivity index (χ0n) is 14.6. The molecule has 5 rings (SSSR count). The van der Waals surface area contributed by atoms with Crippen LogP contribution >= 0.6 is 22.9 Å². The van der Waals surface area contributed by atoms with Gasteiger partial charge in [-0.3, -0.25) is 14.4 Å². The first-order valence-corrected chi connectivity index (χ1v) is 10.1. The number of hydroxylamine groups is 1. The van der Waals surface area contributed by atoms with Gasteiger partial charge in [0, 0.05) is 9.90 Å². The SMILES string of the molecule is O=C1[C@H]2[C@H](ON(c3ccccc3)[C@H]2c2cccs2)C(=O)N1c1ccc(Cl)cc1. The lowest BCUT2D eigenvalue weighted by molar-refractivity contribution is -0.126. The maximum atomic E-state index is 13.3. The Morgan fingerprint density at radius 1 is 0.857 bits per heavy atom. The van der Waals surface area contributed by atoms with E-state index in [1.807, 2.05) is 47.8 Å². The molecule has 2 aromatic carbocycles. The molecular weight excluding hydrogens is 396 g/mol. The van der Waals surface area contributed by atoms with Crippen LogP contribution < -0.4 is 9.96 Å². The van der Waals surface area contributed by atoms with Gasteiger partial charge in [0.2, 0.25) is 5.91 Å². The molecule has 5 nitrogen and oxygen atoms in total. The quantitative estimate of drug-likeness (QED) is 0.598. The van der Waals surface area contributed by atoms with Gasteiger partial charge in [-0.1, -0.05) is 35.9 Å². The van der Waals surface area contributed by atoms with Crippen molar-refractivity contribution in [2.24, 2.45) is 5.92 Å². The minimum absolute atomic E-state index is 0.255. The van der Waals surface area contributed by atoms with E-state index in [2.05, 4.69) is 0 Å². The summed E-state index contributed by atoms with van der Waals surface area (Å²) in [4.78, 5) is 34.7. The van der Waals surface area contributed by atoms with Gasteiger partial charge in [-0.2, -0.15) is 0 Å². The van der Waals surface area contributed by atoms with Crippen LogP contribution in [0.3, 0.4) is 0 Å². The Hall–Kier alpha value is -2.67. The summed E-state index contributed by atoms with van der Waals surface area (Å²) in [7, 11) is 0. The van der Waals surface area contributed by atoms with Crippen molar-refractivity contribution < 1.29 is 14.4 Å². The Balaban J connectivity index is 1.56. The first-order valence-electron chi connectivity index (χ1n) is 8.83. The van der Waals surface area contributed by atoms with E-state index >= 15 is 0 Å². The largest absolute Gasteiger partial charge is 0.273 e. The van der Waals surface area contributed by atoms with Crippen LogP contribution in [0.4, 0.5) is 11.4 Å². The topological polar surface area (TPSA) is 49.9 Å². The number of rotatable bonds is 3. The van der Waals surface area contributed by atoms with E-state index in [0.717, 1.165) is 10.6 Å². The lowest BCUT2D eigenvalue weighted by Gasteiger charge is -2.27. The maximum Gasteiger partial charge on any atom is 0.266 e. The summed E-state index contributed by atoms with van der Waals surface area (Å²) in [6.45, 7) is 0. The number of anilines is 2. The molecule has 7 heteroatoms. The van der Waals surface area contributed by atoms with Gasteiger partial charge in [-0.15, -0.1) is 11.3 Å². The fourth-order valence-electron chi connectivity index (χ4n) is 3.81. The number of hydrogen-bond acceptors (Lipinski definition) is 5.